The Morgan fingerprint density at radius 1 is 1.03 bits per heavy atom. The average Bonchev–Trinajstić information content (AvgIpc) is 3.28. The molecular formula is C27H30N2O5. The minimum absolute atomic E-state index is 0.0538. The third-order valence-corrected chi connectivity index (χ3v) is 7.83. The van der Waals surface area contributed by atoms with E-state index in [0.717, 1.165) is 28.7 Å². The van der Waals surface area contributed by atoms with Gasteiger partial charge in [0.25, 0.3) is 0 Å². The van der Waals surface area contributed by atoms with Crippen molar-refractivity contribution in [2.75, 3.05) is 19.7 Å². The van der Waals surface area contributed by atoms with Crippen LogP contribution < -0.4 is 5.32 Å². The number of carbonyl (C=O) groups excluding carboxylic acids is 2. The minimum Gasteiger partial charge on any atom is -0.481 e. The molecular weight excluding hydrogens is 432 g/mol. The quantitative estimate of drug-likeness (QED) is 0.700. The number of aliphatic carboxylic acids is 1. The second-order valence-corrected chi connectivity index (χ2v) is 10.5. The number of hydrogen-bond acceptors (Lipinski definition) is 4. The van der Waals surface area contributed by atoms with Crippen molar-refractivity contribution in [1.82, 2.24) is 10.2 Å². The summed E-state index contributed by atoms with van der Waals surface area (Å²) in [5.74, 6) is -1.78. The molecule has 34 heavy (non-hydrogen) atoms. The first kappa shape index (κ1) is 22.4. The van der Waals surface area contributed by atoms with Crippen molar-refractivity contribution < 1.29 is 24.2 Å². The Kier molecular flexibility index (Phi) is 5.38. The summed E-state index contributed by atoms with van der Waals surface area (Å²) < 4.78 is 5.67. The van der Waals surface area contributed by atoms with Gasteiger partial charge in [0.2, 0.25) is 5.91 Å². The zero-order valence-electron chi connectivity index (χ0n) is 19.5. The smallest absolute Gasteiger partial charge is 0.408 e. The largest absolute Gasteiger partial charge is 0.481 e. The van der Waals surface area contributed by atoms with Crippen molar-refractivity contribution in [2.45, 2.75) is 44.6 Å². The number of carboxylic acid groups (broad SMARTS) is 1. The maximum absolute atomic E-state index is 13.4. The first-order chi connectivity index (χ1) is 16.2. The number of alkyl carbamates (subject to hydrolysis) is 1. The second kappa shape index (κ2) is 8.15. The Morgan fingerprint density at radius 3 is 2.12 bits per heavy atom. The van der Waals surface area contributed by atoms with Gasteiger partial charge < -0.3 is 20.1 Å². The second-order valence-electron chi connectivity index (χ2n) is 10.5. The van der Waals surface area contributed by atoms with Crippen LogP contribution in [-0.2, 0) is 14.3 Å². The van der Waals surface area contributed by atoms with Crippen LogP contribution in [0.5, 0.6) is 0 Å². The highest BCUT2D eigenvalue weighted by Gasteiger charge is 2.53. The Balaban J connectivity index is 1.27. The Labute approximate surface area is 199 Å². The summed E-state index contributed by atoms with van der Waals surface area (Å²) >= 11 is 0. The number of hydrogen-bond donors (Lipinski definition) is 2. The van der Waals surface area contributed by atoms with E-state index < -0.39 is 28.9 Å². The highest BCUT2D eigenvalue weighted by molar-refractivity contribution is 5.92. The van der Waals surface area contributed by atoms with Crippen molar-refractivity contribution in [3.63, 3.8) is 0 Å². The summed E-state index contributed by atoms with van der Waals surface area (Å²) in [4.78, 5) is 39.5. The van der Waals surface area contributed by atoms with Gasteiger partial charge in [0.05, 0.1) is 5.92 Å². The fraction of sp³-hybridized carbons (Fsp3) is 0.444. The zero-order valence-corrected chi connectivity index (χ0v) is 19.5. The van der Waals surface area contributed by atoms with Crippen LogP contribution in [0.1, 0.15) is 50.2 Å². The summed E-state index contributed by atoms with van der Waals surface area (Å²) in [5.41, 5.74) is 3.04. The lowest BCUT2D eigenvalue weighted by Crippen LogP contribution is -2.63. The normalized spacial score (nSPS) is 21.8. The molecule has 2 N–H and O–H groups in total. The maximum atomic E-state index is 13.4. The van der Waals surface area contributed by atoms with Crippen LogP contribution in [0.3, 0.4) is 0 Å². The van der Waals surface area contributed by atoms with Crippen molar-refractivity contribution >= 4 is 18.0 Å². The summed E-state index contributed by atoms with van der Waals surface area (Å²) in [6.07, 6.45) is 1.29. The van der Waals surface area contributed by atoms with Gasteiger partial charge in [-0.3, -0.25) is 9.59 Å². The highest BCUT2D eigenvalue weighted by atomic mass is 16.5. The molecule has 7 nitrogen and oxygen atoms in total. The third kappa shape index (κ3) is 3.63. The predicted molar refractivity (Wildman–Crippen MR) is 126 cm³/mol. The lowest BCUT2D eigenvalue weighted by Gasteiger charge is -2.42. The lowest BCUT2D eigenvalue weighted by molar-refractivity contribution is -0.144. The molecule has 178 valence electrons. The van der Waals surface area contributed by atoms with Gasteiger partial charge in [0.15, 0.2) is 0 Å². The number of benzene rings is 2. The van der Waals surface area contributed by atoms with Crippen LogP contribution in [-0.4, -0.2) is 53.2 Å². The van der Waals surface area contributed by atoms with E-state index in [9.17, 15) is 19.5 Å². The Morgan fingerprint density at radius 2 is 1.62 bits per heavy atom. The number of amides is 2. The molecule has 1 saturated carbocycles. The summed E-state index contributed by atoms with van der Waals surface area (Å²) in [6, 6.07) is 16.3. The summed E-state index contributed by atoms with van der Waals surface area (Å²) in [5, 5.41) is 12.4. The molecule has 1 heterocycles. The molecule has 3 aliphatic rings. The number of ether oxygens (including phenoxy) is 1. The van der Waals surface area contributed by atoms with E-state index in [1.54, 1.807) is 4.90 Å². The van der Waals surface area contributed by atoms with Gasteiger partial charge in [0, 0.05) is 19.0 Å². The number of carbonyl (C=O) groups is 3. The molecule has 0 aromatic heterocycles. The van der Waals surface area contributed by atoms with Gasteiger partial charge in [-0.15, -0.1) is 0 Å². The topological polar surface area (TPSA) is 95.9 Å². The first-order valence-electron chi connectivity index (χ1n) is 11.9. The molecule has 2 aliphatic carbocycles. The fourth-order valence-corrected chi connectivity index (χ4v) is 5.76. The number of carboxylic acids is 1. The van der Waals surface area contributed by atoms with E-state index in [-0.39, 0.29) is 25.0 Å². The number of nitrogens with zero attached hydrogens (tertiary/aromatic N) is 1. The van der Waals surface area contributed by atoms with Crippen LogP contribution in [0.4, 0.5) is 4.79 Å². The van der Waals surface area contributed by atoms with Crippen LogP contribution in [0.25, 0.3) is 11.1 Å². The molecule has 1 saturated heterocycles. The van der Waals surface area contributed by atoms with Crippen molar-refractivity contribution in [1.29, 1.82) is 0 Å². The minimum atomic E-state index is -1.01. The first-order valence-corrected chi connectivity index (χ1v) is 11.9. The Bertz CT molecular complexity index is 1110. The molecule has 2 aromatic carbocycles. The van der Waals surface area contributed by atoms with Gasteiger partial charge in [-0.2, -0.15) is 0 Å². The molecule has 1 aliphatic heterocycles. The van der Waals surface area contributed by atoms with Gasteiger partial charge in [-0.25, -0.2) is 4.79 Å². The Hall–Kier alpha value is -3.35. The molecule has 0 bridgehead atoms. The third-order valence-electron chi connectivity index (χ3n) is 7.83. The number of likely N-dealkylation sites (tertiary alicyclic amines) is 1. The predicted octanol–water partition coefficient (Wildman–Crippen LogP) is 4.02. The number of nitrogens with one attached hydrogen (secondary N) is 1. The standard InChI is InChI=1S/C27H30N2O5/c1-26(2)16-29(14-22(26)23(30)31)24(32)27(12-7-13-27)28-25(33)34-15-21-19-10-5-3-8-17(19)18-9-4-6-11-20(18)21/h3-6,8-11,21-22H,7,12-16H2,1-2H3,(H,28,33)(H,30,31). The van der Waals surface area contributed by atoms with E-state index in [1.807, 2.05) is 38.1 Å². The average molecular weight is 463 g/mol. The molecule has 2 fully saturated rings. The van der Waals surface area contributed by atoms with E-state index in [0.29, 0.717) is 19.4 Å². The van der Waals surface area contributed by atoms with Gasteiger partial charge >= 0.3 is 12.1 Å². The fourth-order valence-electron chi connectivity index (χ4n) is 5.76. The van der Waals surface area contributed by atoms with Crippen LogP contribution in [0.2, 0.25) is 0 Å². The van der Waals surface area contributed by atoms with Gasteiger partial charge in [-0.05, 0) is 46.9 Å². The number of fused-ring (bicyclic) bond motifs is 3. The van der Waals surface area contributed by atoms with E-state index in [2.05, 4.69) is 29.6 Å². The monoisotopic (exact) mass is 462 g/mol. The van der Waals surface area contributed by atoms with E-state index >= 15 is 0 Å². The molecule has 0 radical (unpaired) electrons. The summed E-state index contributed by atoms with van der Waals surface area (Å²) in [6.45, 7) is 4.44. The molecule has 1 atom stereocenters. The van der Waals surface area contributed by atoms with Gasteiger partial charge in [-0.1, -0.05) is 62.4 Å². The van der Waals surface area contributed by atoms with Crippen LogP contribution in [0, 0.1) is 11.3 Å². The molecule has 7 heteroatoms. The van der Waals surface area contributed by atoms with Crippen molar-refractivity contribution in [3.05, 3.63) is 59.7 Å². The van der Waals surface area contributed by atoms with Crippen LogP contribution in [0.15, 0.2) is 48.5 Å². The summed E-state index contributed by atoms with van der Waals surface area (Å²) in [7, 11) is 0. The SMILES string of the molecule is CC1(C)CN(C(=O)C2(NC(=O)OCC3c4ccccc4-c4ccccc43)CCC2)CC1C(=O)O. The molecule has 0 spiro atoms. The van der Waals surface area contributed by atoms with E-state index in [1.165, 1.54) is 0 Å². The maximum Gasteiger partial charge on any atom is 0.408 e. The number of rotatable bonds is 5. The zero-order chi connectivity index (χ0) is 24.1. The highest BCUT2D eigenvalue weighted by Crippen LogP contribution is 2.45. The van der Waals surface area contributed by atoms with E-state index in [4.69, 9.17) is 4.74 Å². The van der Waals surface area contributed by atoms with Gasteiger partial charge in [0.1, 0.15) is 12.1 Å². The van der Waals surface area contributed by atoms with Crippen molar-refractivity contribution in [3.8, 4) is 11.1 Å². The van der Waals surface area contributed by atoms with Crippen molar-refractivity contribution in [2.24, 2.45) is 11.3 Å². The molecule has 1 unspecified atom stereocenters. The molecule has 2 amide bonds. The van der Waals surface area contributed by atoms with Crippen LogP contribution >= 0.6 is 0 Å². The molecule has 2 aromatic rings. The molecule has 5 rings (SSSR count). The lowest BCUT2D eigenvalue weighted by atomic mass is 9.75.